The number of phenolic OH excluding ortho intramolecular Hbond substituents is 1. The Balaban J connectivity index is 1.26. The Bertz CT molecular complexity index is 1080. The highest BCUT2D eigenvalue weighted by Gasteiger charge is 2.26. The molecule has 8 nitrogen and oxygen atoms in total. The number of imidazole rings is 1. The van der Waals surface area contributed by atoms with E-state index in [4.69, 9.17) is 4.98 Å². The summed E-state index contributed by atoms with van der Waals surface area (Å²) >= 11 is 0. The van der Waals surface area contributed by atoms with E-state index in [1.165, 1.54) is 5.56 Å². The van der Waals surface area contributed by atoms with Crippen molar-refractivity contribution >= 4 is 17.1 Å². The number of hydrogen-bond acceptors (Lipinski definition) is 6. The third kappa shape index (κ3) is 4.33. The summed E-state index contributed by atoms with van der Waals surface area (Å²) in [6, 6.07) is 8.59. The van der Waals surface area contributed by atoms with Gasteiger partial charge in [-0.2, -0.15) is 0 Å². The van der Waals surface area contributed by atoms with E-state index in [2.05, 4.69) is 32.9 Å². The number of likely N-dealkylation sites (N-methyl/N-ethyl adjacent to an activating group) is 1. The summed E-state index contributed by atoms with van der Waals surface area (Å²) in [6.07, 6.45) is 3.68. The van der Waals surface area contributed by atoms with Crippen molar-refractivity contribution in [3.05, 3.63) is 53.5 Å². The number of pyridine rings is 1. The number of rotatable bonds is 4. The number of piperazine rings is 1. The largest absolute Gasteiger partial charge is 0.508 e. The van der Waals surface area contributed by atoms with Crippen LogP contribution in [0.2, 0.25) is 0 Å². The van der Waals surface area contributed by atoms with Crippen molar-refractivity contribution in [3.8, 4) is 5.75 Å². The zero-order valence-electron chi connectivity index (χ0n) is 18.5. The van der Waals surface area contributed by atoms with E-state index in [-0.39, 0.29) is 11.7 Å². The van der Waals surface area contributed by atoms with Crippen LogP contribution >= 0.6 is 0 Å². The molecule has 4 heterocycles. The molecule has 32 heavy (non-hydrogen) atoms. The van der Waals surface area contributed by atoms with Crippen molar-refractivity contribution < 1.29 is 9.90 Å². The standard InChI is InChI=1S/C24H30N6O2/c1-28-12-14-29(15-13-28)16-21-26-22-20(6-9-25-23(22)27-21)17-7-10-30(11-8-17)24(32)18-2-4-19(31)5-3-18/h2-6,9,17,31H,7-8,10-16H2,1H3,(H,25,26,27). The molecular weight excluding hydrogens is 404 g/mol. The average Bonchev–Trinajstić information content (AvgIpc) is 3.23. The van der Waals surface area contributed by atoms with Crippen LogP contribution in [0.15, 0.2) is 36.5 Å². The number of likely N-dealkylation sites (tertiary alicyclic amines) is 1. The summed E-state index contributed by atoms with van der Waals surface area (Å²) in [5, 5.41) is 9.46. The molecule has 0 bridgehead atoms. The molecular formula is C24H30N6O2. The lowest BCUT2D eigenvalue weighted by Gasteiger charge is -2.32. The molecule has 0 atom stereocenters. The molecule has 2 aromatic heterocycles. The summed E-state index contributed by atoms with van der Waals surface area (Å²) in [5.41, 5.74) is 3.70. The van der Waals surface area contributed by atoms with Gasteiger partial charge in [0, 0.05) is 51.0 Å². The lowest BCUT2D eigenvalue weighted by Crippen LogP contribution is -2.44. The Labute approximate surface area is 187 Å². The molecule has 2 N–H and O–H groups in total. The fourth-order valence-electron chi connectivity index (χ4n) is 4.79. The number of benzene rings is 1. The number of aromatic hydroxyl groups is 1. The first-order valence-electron chi connectivity index (χ1n) is 11.4. The lowest BCUT2D eigenvalue weighted by atomic mass is 9.89. The number of carbonyl (C=O) groups is 1. The van der Waals surface area contributed by atoms with Crippen molar-refractivity contribution in [2.45, 2.75) is 25.3 Å². The van der Waals surface area contributed by atoms with Gasteiger partial charge < -0.3 is 19.9 Å². The maximum absolute atomic E-state index is 12.8. The van der Waals surface area contributed by atoms with E-state index >= 15 is 0 Å². The van der Waals surface area contributed by atoms with Crippen LogP contribution in [-0.4, -0.2) is 87.0 Å². The predicted octanol–water partition coefficient (Wildman–Crippen LogP) is 2.43. The average molecular weight is 435 g/mol. The van der Waals surface area contributed by atoms with Crippen LogP contribution in [0.25, 0.3) is 11.2 Å². The van der Waals surface area contributed by atoms with Crippen LogP contribution in [0, 0.1) is 0 Å². The molecule has 8 heteroatoms. The summed E-state index contributed by atoms with van der Waals surface area (Å²) in [7, 11) is 2.16. The van der Waals surface area contributed by atoms with Gasteiger partial charge in [-0.15, -0.1) is 0 Å². The Morgan fingerprint density at radius 3 is 2.50 bits per heavy atom. The number of phenols is 1. The van der Waals surface area contributed by atoms with E-state index in [1.54, 1.807) is 24.3 Å². The molecule has 1 amide bonds. The third-order valence-corrected chi connectivity index (χ3v) is 6.78. The first-order chi connectivity index (χ1) is 15.6. The van der Waals surface area contributed by atoms with Crippen molar-refractivity contribution in [3.63, 3.8) is 0 Å². The fraction of sp³-hybridized carbons (Fsp3) is 0.458. The Kier molecular flexibility index (Phi) is 5.80. The molecule has 1 aromatic carbocycles. The van der Waals surface area contributed by atoms with Gasteiger partial charge in [-0.05, 0) is 61.7 Å². The lowest BCUT2D eigenvalue weighted by molar-refractivity contribution is 0.0713. The van der Waals surface area contributed by atoms with Gasteiger partial charge in [-0.25, -0.2) is 9.97 Å². The van der Waals surface area contributed by atoms with Crippen molar-refractivity contribution in [1.82, 2.24) is 29.7 Å². The molecule has 3 aromatic rings. The van der Waals surface area contributed by atoms with Crippen LogP contribution in [-0.2, 0) is 6.54 Å². The number of nitrogens with zero attached hydrogens (tertiary/aromatic N) is 5. The highest BCUT2D eigenvalue weighted by Crippen LogP contribution is 2.32. The SMILES string of the molecule is CN1CCN(Cc2nc3nccc(C4CCN(C(=O)c5ccc(O)cc5)CC4)c3[nH]2)CC1. The molecule has 2 saturated heterocycles. The number of nitrogens with one attached hydrogen (secondary N) is 1. The second kappa shape index (κ2) is 8.88. The Hall–Kier alpha value is -2.97. The minimum atomic E-state index is 0.0272. The molecule has 2 aliphatic heterocycles. The van der Waals surface area contributed by atoms with Crippen LogP contribution < -0.4 is 0 Å². The number of fused-ring (bicyclic) bond motifs is 1. The molecule has 2 fully saturated rings. The topological polar surface area (TPSA) is 88.6 Å². The molecule has 0 saturated carbocycles. The molecule has 0 aliphatic carbocycles. The quantitative estimate of drug-likeness (QED) is 0.656. The summed E-state index contributed by atoms with van der Waals surface area (Å²) < 4.78 is 0. The van der Waals surface area contributed by atoms with Gasteiger partial charge in [0.05, 0.1) is 12.1 Å². The van der Waals surface area contributed by atoms with Gasteiger partial charge in [0.25, 0.3) is 5.91 Å². The number of hydrogen-bond donors (Lipinski definition) is 2. The molecule has 5 rings (SSSR count). The second-order valence-electron chi connectivity index (χ2n) is 8.98. The number of amides is 1. The van der Waals surface area contributed by atoms with Crippen LogP contribution in [0.1, 0.15) is 40.5 Å². The first-order valence-corrected chi connectivity index (χ1v) is 11.4. The van der Waals surface area contributed by atoms with E-state index in [9.17, 15) is 9.90 Å². The highest BCUT2D eigenvalue weighted by molar-refractivity contribution is 5.94. The maximum Gasteiger partial charge on any atom is 0.253 e. The molecule has 0 unspecified atom stereocenters. The first kappa shape index (κ1) is 20.9. The highest BCUT2D eigenvalue weighted by atomic mass is 16.3. The summed E-state index contributed by atoms with van der Waals surface area (Å²) in [5.74, 6) is 1.55. The van der Waals surface area contributed by atoms with E-state index in [0.717, 1.165) is 75.6 Å². The van der Waals surface area contributed by atoms with Gasteiger partial charge in [-0.1, -0.05) is 0 Å². The second-order valence-corrected chi connectivity index (χ2v) is 8.98. The third-order valence-electron chi connectivity index (χ3n) is 6.78. The zero-order chi connectivity index (χ0) is 22.1. The fourth-order valence-corrected chi connectivity index (χ4v) is 4.79. The Morgan fingerprint density at radius 1 is 1.06 bits per heavy atom. The number of piperidine rings is 1. The van der Waals surface area contributed by atoms with E-state index in [1.807, 2.05) is 11.1 Å². The molecule has 0 radical (unpaired) electrons. The van der Waals surface area contributed by atoms with E-state index < -0.39 is 0 Å². The molecule has 168 valence electrons. The van der Waals surface area contributed by atoms with Crippen molar-refractivity contribution in [1.29, 1.82) is 0 Å². The maximum atomic E-state index is 12.8. The zero-order valence-corrected chi connectivity index (χ0v) is 18.5. The Morgan fingerprint density at radius 2 is 1.78 bits per heavy atom. The van der Waals surface area contributed by atoms with Gasteiger partial charge in [0.2, 0.25) is 0 Å². The van der Waals surface area contributed by atoms with Gasteiger partial charge in [-0.3, -0.25) is 9.69 Å². The van der Waals surface area contributed by atoms with Crippen LogP contribution in [0.5, 0.6) is 5.75 Å². The number of H-pyrrole nitrogens is 1. The minimum absolute atomic E-state index is 0.0272. The predicted molar refractivity (Wildman–Crippen MR) is 123 cm³/mol. The van der Waals surface area contributed by atoms with Crippen LogP contribution in [0.3, 0.4) is 0 Å². The molecule has 2 aliphatic rings. The number of carbonyl (C=O) groups excluding carboxylic acids is 1. The smallest absolute Gasteiger partial charge is 0.253 e. The molecule has 0 spiro atoms. The van der Waals surface area contributed by atoms with Gasteiger partial charge in [0.15, 0.2) is 5.65 Å². The minimum Gasteiger partial charge on any atom is -0.508 e. The van der Waals surface area contributed by atoms with Gasteiger partial charge in [0.1, 0.15) is 11.6 Å². The van der Waals surface area contributed by atoms with Crippen LogP contribution in [0.4, 0.5) is 0 Å². The normalized spacial score (nSPS) is 19.0. The number of aromatic nitrogens is 3. The monoisotopic (exact) mass is 434 g/mol. The van der Waals surface area contributed by atoms with Crippen molar-refractivity contribution in [2.75, 3.05) is 46.3 Å². The van der Waals surface area contributed by atoms with Gasteiger partial charge >= 0.3 is 0 Å². The summed E-state index contributed by atoms with van der Waals surface area (Å²) in [4.78, 5) is 32.3. The van der Waals surface area contributed by atoms with E-state index in [0.29, 0.717) is 11.5 Å². The number of aromatic amines is 1. The van der Waals surface area contributed by atoms with Crippen molar-refractivity contribution in [2.24, 2.45) is 0 Å². The summed E-state index contributed by atoms with van der Waals surface area (Å²) in [6.45, 7) is 6.55.